The number of amides is 1. The van der Waals surface area contributed by atoms with Crippen molar-refractivity contribution in [2.24, 2.45) is 5.92 Å². The van der Waals surface area contributed by atoms with Crippen LogP contribution in [0.1, 0.15) is 20.8 Å². The topological polar surface area (TPSA) is 113 Å². The fourth-order valence-electron chi connectivity index (χ4n) is 1.29. The molecule has 0 aromatic heterocycles. The van der Waals surface area contributed by atoms with Crippen molar-refractivity contribution in [2.75, 3.05) is 10.0 Å². The second kappa shape index (κ2) is 6.57. The average molecular weight is 314 g/mol. The van der Waals surface area contributed by atoms with Crippen LogP contribution in [-0.2, 0) is 19.6 Å². The summed E-state index contributed by atoms with van der Waals surface area (Å²) in [5.41, 5.74) is 0.758. The number of carboxylic acids is 1. The lowest BCUT2D eigenvalue weighted by Crippen LogP contribution is -2.32. The Labute approximate surface area is 123 Å². The zero-order valence-electron chi connectivity index (χ0n) is 12.0. The lowest BCUT2D eigenvalue weighted by molar-refractivity contribution is -0.136. The lowest BCUT2D eigenvalue weighted by atomic mass is 10.2. The largest absolute Gasteiger partial charge is 0.480 e. The van der Waals surface area contributed by atoms with Crippen LogP contribution in [0.25, 0.3) is 0 Å². The maximum absolute atomic E-state index is 11.7. The standard InChI is InChI=1S/C13H18N2O5S/c1-8(2)12(16)14-10-4-6-11(7-5-10)15-21(19,20)9(3)13(17)18/h4-9,15H,1-3H3,(H,14,16)(H,17,18). The van der Waals surface area contributed by atoms with E-state index >= 15 is 0 Å². The van der Waals surface area contributed by atoms with E-state index in [0.717, 1.165) is 6.92 Å². The van der Waals surface area contributed by atoms with Gasteiger partial charge in [-0.2, -0.15) is 0 Å². The predicted octanol–water partition coefficient (Wildman–Crippen LogP) is 1.50. The summed E-state index contributed by atoms with van der Waals surface area (Å²) >= 11 is 0. The van der Waals surface area contributed by atoms with Gasteiger partial charge in [0.05, 0.1) is 0 Å². The Balaban J connectivity index is 2.80. The first-order valence-corrected chi connectivity index (χ1v) is 7.83. The minimum atomic E-state index is -4.00. The van der Waals surface area contributed by atoms with Gasteiger partial charge in [-0.15, -0.1) is 0 Å². The van der Waals surface area contributed by atoms with Crippen molar-refractivity contribution in [2.45, 2.75) is 26.0 Å². The highest BCUT2D eigenvalue weighted by atomic mass is 32.2. The lowest BCUT2D eigenvalue weighted by Gasteiger charge is -2.12. The summed E-state index contributed by atoms with van der Waals surface area (Å²) in [5.74, 6) is -1.74. The number of benzene rings is 1. The molecule has 7 nitrogen and oxygen atoms in total. The Morgan fingerprint density at radius 2 is 1.52 bits per heavy atom. The fourth-order valence-corrected chi connectivity index (χ4v) is 2.20. The van der Waals surface area contributed by atoms with Gasteiger partial charge in [0.25, 0.3) is 0 Å². The number of carbonyl (C=O) groups excluding carboxylic acids is 1. The summed E-state index contributed by atoms with van der Waals surface area (Å²) in [6.07, 6.45) is 0. The van der Waals surface area contributed by atoms with Crippen LogP contribution < -0.4 is 10.0 Å². The maximum Gasteiger partial charge on any atom is 0.323 e. The van der Waals surface area contributed by atoms with E-state index in [0.29, 0.717) is 5.69 Å². The Morgan fingerprint density at radius 3 is 1.95 bits per heavy atom. The number of anilines is 2. The smallest absolute Gasteiger partial charge is 0.323 e. The molecular weight excluding hydrogens is 296 g/mol. The Hall–Kier alpha value is -2.09. The quantitative estimate of drug-likeness (QED) is 0.736. The average Bonchev–Trinajstić information content (AvgIpc) is 2.39. The van der Waals surface area contributed by atoms with Gasteiger partial charge in [-0.25, -0.2) is 8.42 Å². The first-order chi connectivity index (χ1) is 9.63. The first kappa shape index (κ1) is 17.0. The summed E-state index contributed by atoms with van der Waals surface area (Å²) in [7, 11) is -4.00. The van der Waals surface area contributed by atoms with Gasteiger partial charge in [-0.3, -0.25) is 14.3 Å². The summed E-state index contributed by atoms with van der Waals surface area (Å²) < 4.78 is 25.6. The molecule has 0 spiro atoms. The SMILES string of the molecule is CC(C)C(=O)Nc1ccc(NS(=O)(=O)C(C)C(=O)O)cc1. The number of carboxylic acid groups (broad SMARTS) is 1. The minimum absolute atomic E-state index is 0.150. The molecule has 116 valence electrons. The van der Waals surface area contributed by atoms with Crippen LogP contribution in [0.5, 0.6) is 0 Å². The molecule has 1 aromatic rings. The van der Waals surface area contributed by atoms with Crippen molar-refractivity contribution in [3.05, 3.63) is 24.3 Å². The van der Waals surface area contributed by atoms with E-state index in [1.807, 2.05) is 0 Å². The van der Waals surface area contributed by atoms with Crippen molar-refractivity contribution in [1.29, 1.82) is 0 Å². The van der Waals surface area contributed by atoms with Gasteiger partial charge >= 0.3 is 5.97 Å². The zero-order chi connectivity index (χ0) is 16.2. The Bertz CT molecular complexity index is 622. The number of nitrogens with one attached hydrogen (secondary N) is 2. The molecule has 0 aliphatic heterocycles. The second-order valence-electron chi connectivity index (χ2n) is 4.85. The monoisotopic (exact) mass is 314 g/mol. The van der Waals surface area contributed by atoms with Crippen LogP contribution in [0.2, 0.25) is 0 Å². The number of hydrogen-bond acceptors (Lipinski definition) is 4. The number of hydrogen-bond donors (Lipinski definition) is 3. The molecule has 1 rings (SSSR count). The van der Waals surface area contributed by atoms with Crippen LogP contribution in [0.15, 0.2) is 24.3 Å². The first-order valence-electron chi connectivity index (χ1n) is 6.29. The number of sulfonamides is 1. The highest BCUT2D eigenvalue weighted by Gasteiger charge is 2.27. The molecule has 1 unspecified atom stereocenters. The predicted molar refractivity (Wildman–Crippen MR) is 79.6 cm³/mol. The van der Waals surface area contributed by atoms with Crippen molar-refractivity contribution >= 4 is 33.3 Å². The fraction of sp³-hybridized carbons (Fsp3) is 0.385. The maximum atomic E-state index is 11.7. The van der Waals surface area contributed by atoms with Crippen molar-refractivity contribution in [3.8, 4) is 0 Å². The van der Waals surface area contributed by atoms with Gasteiger partial charge in [-0.1, -0.05) is 13.8 Å². The molecular formula is C13H18N2O5S. The molecule has 1 amide bonds. The third kappa shape index (κ3) is 4.75. The molecule has 3 N–H and O–H groups in total. The van der Waals surface area contributed by atoms with Gasteiger partial charge < -0.3 is 10.4 Å². The van der Waals surface area contributed by atoms with Gasteiger partial charge in [0.2, 0.25) is 15.9 Å². The second-order valence-corrected chi connectivity index (χ2v) is 6.85. The van der Waals surface area contributed by atoms with Gasteiger partial charge in [-0.05, 0) is 31.2 Å². The highest BCUT2D eigenvalue weighted by molar-refractivity contribution is 7.94. The number of rotatable bonds is 6. The molecule has 0 radical (unpaired) electrons. The third-order valence-corrected chi connectivity index (χ3v) is 4.40. The van der Waals surface area contributed by atoms with E-state index in [4.69, 9.17) is 5.11 Å². The van der Waals surface area contributed by atoms with E-state index in [1.165, 1.54) is 24.3 Å². The van der Waals surface area contributed by atoms with Gasteiger partial charge in [0, 0.05) is 17.3 Å². The normalized spacial score (nSPS) is 12.8. The molecule has 1 aromatic carbocycles. The minimum Gasteiger partial charge on any atom is -0.480 e. The van der Waals surface area contributed by atoms with Crippen molar-refractivity contribution in [3.63, 3.8) is 0 Å². The third-order valence-electron chi connectivity index (χ3n) is 2.75. The number of aliphatic carboxylic acids is 1. The summed E-state index contributed by atoms with van der Waals surface area (Å²) in [6.45, 7) is 4.60. The van der Waals surface area contributed by atoms with Crippen LogP contribution in [0.4, 0.5) is 11.4 Å². The Morgan fingerprint density at radius 1 is 1.05 bits per heavy atom. The summed E-state index contributed by atoms with van der Waals surface area (Å²) in [6, 6.07) is 5.96. The molecule has 8 heteroatoms. The molecule has 0 bridgehead atoms. The number of carbonyl (C=O) groups is 2. The molecule has 0 aliphatic rings. The van der Waals surface area contributed by atoms with Crippen LogP contribution in [-0.4, -0.2) is 30.7 Å². The highest BCUT2D eigenvalue weighted by Crippen LogP contribution is 2.17. The van der Waals surface area contributed by atoms with E-state index < -0.39 is 21.2 Å². The summed E-state index contributed by atoms with van der Waals surface area (Å²) in [5, 5.41) is 9.83. The van der Waals surface area contributed by atoms with E-state index in [1.54, 1.807) is 13.8 Å². The van der Waals surface area contributed by atoms with Crippen LogP contribution in [0.3, 0.4) is 0 Å². The van der Waals surface area contributed by atoms with Crippen molar-refractivity contribution < 1.29 is 23.1 Å². The molecule has 0 fully saturated rings. The van der Waals surface area contributed by atoms with Gasteiger partial charge in [0.1, 0.15) is 0 Å². The molecule has 1 atom stereocenters. The molecule has 21 heavy (non-hydrogen) atoms. The zero-order valence-corrected chi connectivity index (χ0v) is 12.8. The van der Waals surface area contributed by atoms with E-state index in [9.17, 15) is 18.0 Å². The van der Waals surface area contributed by atoms with E-state index in [2.05, 4.69) is 10.0 Å². The summed E-state index contributed by atoms with van der Waals surface area (Å²) in [4.78, 5) is 22.2. The van der Waals surface area contributed by atoms with Gasteiger partial charge in [0.15, 0.2) is 5.25 Å². The van der Waals surface area contributed by atoms with Crippen LogP contribution in [0, 0.1) is 5.92 Å². The molecule has 0 aliphatic carbocycles. The van der Waals surface area contributed by atoms with Crippen molar-refractivity contribution in [1.82, 2.24) is 0 Å². The Kier molecular flexibility index (Phi) is 5.31. The van der Waals surface area contributed by atoms with Crippen LogP contribution >= 0.6 is 0 Å². The molecule has 0 saturated heterocycles. The molecule has 0 saturated carbocycles. The van der Waals surface area contributed by atoms with E-state index in [-0.39, 0.29) is 17.5 Å². The molecule has 0 heterocycles.